The molecule has 0 amide bonds. The highest BCUT2D eigenvalue weighted by Crippen LogP contribution is 2.44. The Hall–Kier alpha value is -4.64. The van der Waals surface area contributed by atoms with Crippen LogP contribution in [0.25, 0.3) is 33.3 Å². The van der Waals surface area contributed by atoms with Crippen molar-refractivity contribution in [1.82, 2.24) is 19.3 Å². The zero-order valence-corrected chi connectivity index (χ0v) is 32.0. The molecule has 7 rings (SSSR count). The Kier molecular flexibility index (Phi) is 9.67. The molecule has 51 heavy (non-hydrogen) atoms. The number of para-hydroxylation sites is 1. The molecule has 3 heterocycles. The summed E-state index contributed by atoms with van der Waals surface area (Å²) in [5, 5.41) is 7.69. The lowest BCUT2D eigenvalue weighted by Gasteiger charge is -2.32. The molecular formula is C46H54N4O. The van der Waals surface area contributed by atoms with Crippen LogP contribution in [-0.4, -0.2) is 19.3 Å². The lowest BCUT2D eigenvalue weighted by Crippen LogP contribution is -2.21. The first-order valence-electron chi connectivity index (χ1n) is 19.1. The topological polar surface area (TPSA) is 44.9 Å². The van der Waals surface area contributed by atoms with Crippen LogP contribution in [0.3, 0.4) is 0 Å². The Morgan fingerprint density at radius 2 is 1.59 bits per heavy atom. The Balaban J connectivity index is 1.34. The van der Waals surface area contributed by atoms with E-state index in [1.165, 1.54) is 45.2 Å². The zero-order chi connectivity index (χ0) is 36.0. The van der Waals surface area contributed by atoms with Gasteiger partial charge in [-0.2, -0.15) is 5.10 Å². The maximum Gasteiger partial charge on any atom is 0.137 e. The summed E-state index contributed by atoms with van der Waals surface area (Å²) in [5.41, 5.74) is 11.2. The van der Waals surface area contributed by atoms with Crippen LogP contribution in [0.15, 0.2) is 90.6 Å². The number of ether oxygens (including phenoxy) is 1. The molecule has 0 aliphatic heterocycles. The highest BCUT2D eigenvalue weighted by atomic mass is 16.5. The SMILES string of the molecule is CCCCc1c([C@H]2C(C)=C[C@H](C)CC2C)c(C)nn1-c1cc(Oc2ccc3c4ccccc4n(-c4cc(C(C)C)ccn4)c3c2)cc(C(C)C)c1. The first-order chi connectivity index (χ1) is 24.5. The van der Waals surface area contributed by atoms with Crippen LogP contribution >= 0.6 is 0 Å². The number of hydrogen-bond donors (Lipinski definition) is 0. The van der Waals surface area contributed by atoms with Gasteiger partial charge >= 0.3 is 0 Å². The third-order valence-electron chi connectivity index (χ3n) is 11.0. The third-order valence-corrected chi connectivity index (χ3v) is 11.0. The summed E-state index contributed by atoms with van der Waals surface area (Å²) in [6.07, 6.45) is 8.91. The van der Waals surface area contributed by atoms with Gasteiger partial charge in [0, 0.05) is 46.3 Å². The van der Waals surface area contributed by atoms with E-state index < -0.39 is 0 Å². The quantitative estimate of drug-likeness (QED) is 0.135. The summed E-state index contributed by atoms with van der Waals surface area (Å²) < 4.78 is 11.3. The highest BCUT2D eigenvalue weighted by Gasteiger charge is 2.32. The molecular weight excluding hydrogens is 625 g/mol. The summed E-state index contributed by atoms with van der Waals surface area (Å²) in [6.45, 7) is 20.6. The van der Waals surface area contributed by atoms with Crippen molar-refractivity contribution in [1.29, 1.82) is 0 Å². The molecule has 5 nitrogen and oxygen atoms in total. The van der Waals surface area contributed by atoms with Crippen LogP contribution in [0, 0.1) is 18.8 Å². The number of unbranched alkanes of at least 4 members (excludes halogenated alkanes) is 1. The predicted molar refractivity (Wildman–Crippen MR) is 213 cm³/mol. The maximum absolute atomic E-state index is 6.82. The van der Waals surface area contributed by atoms with Crippen molar-refractivity contribution >= 4 is 21.8 Å². The summed E-state index contributed by atoms with van der Waals surface area (Å²) in [7, 11) is 0. The molecule has 0 saturated carbocycles. The Labute approximate surface area is 304 Å². The van der Waals surface area contributed by atoms with E-state index in [9.17, 15) is 0 Å². The van der Waals surface area contributed by atoms with Crippen LogP contribution in [0.4, 0.5) is 0 Å². The number of benzene rings is 3. The molecule has 5 heteroatoms. The fourth-order valence-corrected chi connectivity index (χ4v) is 8.53. The minimum atomic E-state index is 0.330. The fraction of sp³-hybridized carbons (Fsp3) is 0.391. The van der Waals surface area contributed by atoms with Crippen molar-refractivity contribution in [2.24, 2.45) is 11.8 Å². The number of hydrogen-bond acceptors (Lipinski definition) is 3. The number of aromatic nitrogens is 4. The van der Waals surface area contributed by atoms with E-state index in [1.807, 2.05) is 6.20 Å². The molecule has 264 valence electrons. The molecule has 1 aliphatic carbocycles. The van der Waals surface area contributed by atoms with Crippen LogP contribution in [0.2, 0.25) is 0 Å². The second-order valence-corrected chi connectivity index (χ2v) is 15.7. The Bertz CT molecular complexity index is 2230. The summed E-state index contributed by atoms with van der Waals surface area (Å²) in [6, 6.07) is 26.1. The molecule has 3 aromatic heterocycles. The van der Waals surface area contributed by atoms with Gasteiger partial charge in [0.25, 0.3) is 0 Å². The van der Waals surface area contributed by atoms with Gasteiger partial charge in [-0.3, -0.25) is 4.57 Å². The van der Waals surface area contributed by atoms with Crippen molar-refractivity contribution in [3.8, 4) is 23.0 Å². The molecule has 1 unspecified atom stereocenters. The third kappa shape index (κ3) is 6.64. The molecule has 0 fully saturated rings. The molecule has 0 saturated heterocycles. The predicted octanol–water partition coefficient (Wildman–Crippen LogP) is 12.8. The Morgan fingerprint density at radius 3 is 2.33 bits per heavy atom. The van der Waals surface area contributed by atoms with Crippen molar-refractivity contribution in [3.05, 3.63) is 119 Å². The number of fused-ring (bicyclic) bond motifs is 3. The number of allylic oxidation sites excluding steroid dienone is 2. The summed E-state index contributed by atoms with van der Waals surface area (Å²) >= 11 is 0. The van der Waals surface area contributed by atoms with E-state index in [0.717, 1.165) is 59.0 Å². The van der Waals surface area contributed by atoms with Crippen molar-refractivity contribution in [3.63, 3.8) is 0 Å². The molecule has 0 spiro atoms. The first kappa shape index (κ1) is 34.8. The van der Waals surface area contributed by atoms with E-state index in [2.05, 4.69) is 150 Å². The van der Waals surface area contributed by atoms with Gasteiger partial charge in [0.15, 0.2) is 0 Å². The van der Waals surface area contributed by atoms with Gasteiger partial charge in [-0.15, -0.1) is 0 Å². The van der Waals surface area contributed by atoms with Crippen LogP contribution in [0.5, 0.6) is 11.5 Å². The fourth-order valence-electron chi connectivity index (χ4n) is 8.53. The number of rotatable bonds is 10. The average molecular weight is 679 g/mol. The van der Waals surface area contributed by atoms with E-state index in [4.69, 9.17) is 14.8 Å². The minimum Gasteiger partial charge on any atom is -0.457 e. The minimum absolute atomic E-state index is 0.330. The standard InChI is InChI=1S/C46H54N4O/c1-10-11-15-42-46(45-31(7)21-30(6)22-32(45)8)33(9)48-50(42)36-23-35(29(4)5)24-38(26-36)51-37-17-18-40-39-14-12-13-16-41(39)49(43(40)27-37)44-25-34(28(2)3)19-20-47-44/h12-14,16-21,23-30,32,45H,10-11,15,22H2,1-9H3/t30-,32?,45-/m0/s1. The van der Waals surface area contributed by atoms with Gasteiger partial charge < -0.3 is 4.74 Å². The summed E-state index contributed by atoms with van der Waals surface area (Å²) in [4.78, 5) is 4.85. The maximum atomic E-state index is 6.82. The number of nitrogens with zero attached hydrogens (tertiary/aromatic N) is 4. The van der Waals surface area contributed by atoms with Gasteiger partial charge in [-0.25, -0.2) is 9.67 Å². The van der Waals surface area contributed by atoms with Gasteiger partial charge in [-0.1, -0.05) is 84.7 Å². The van der Waals surface area contributed by atoms with Crippen molar-refractivity contribution in [2.45, 2.75) is 106 Å². The lowest BCUT2D eigenvalue weighted by atomic mass is 9.72. The van der Waals surface area contributed by atoms with Crippen molar-refractivity contribution < 1.29 is 4.74 Å². The zero-order valence-electron chi connectivity index (χ0n) is 32.0. The number of pyridine rings is 1. The van der Waals surface area contributed by atoms with E-state index in [1.54, 1.807) is 0 Å². The van der Waals surface area contributed by atoms with E-state index >= 15 is 0 Å². The molecule has 3 atom stereocenters. The number of aryl methyl sites for hydroxylation is 1. The van der Waals surface area contributed by atoms with Gasteiger partial charge in [-0.05, 0) is 110 Å². The summed E-state index contributed by atoms with van der Waals surface area (Å²) in [5.74, 6) is 4.89. The van der Waals surface area contributed by atoms with Gasteiger partial charge in [0.05, 0.1) is 22.4 Å². The molecule has 3 aromatic carbocycles. The molecule has 0 bridgehead atoms. The molecule has 0 radical (unpaired) electrons. The second-order valence-electron chi connectivity index (χ2n) is 15.7. The van der Waals surface area contributed by atoms with Crippen LogP contribution in [0.1, 0.15) is 120 Å². The molecule has 6 aromatic rings. The van der Waals surface area contributed by atoms with Gasteiger partial charge in [0.2, 0.25) is 0 Å². The van der Waals surface area contributed by atoms with Crippen molar-refractivity contribution in [2.75, 3.05) is 0 Å². The van der Waals surface area contributed by atoms with Crippen LogP contribution in [-0.2, 0) is 6.42 Å². The average Bonchev–Trinajstić information content (AvgIpc) is 3.60. The normalized spacial score (nSPS) is 17.9. The van der Waals surface area contributed by atoms with Crippen LogP contribution < -0.4 is 4.74 Å². The van der Waals surface area contributed by atoms with E-state index in [-0.39, 0.29) is 0 Å². The lowest BCUT2D eigenvalue weighted by molar-refractivity contribution is 0.389. The van der Waals surface area contributed by atoms with Gasteiger partial charge in [0.1, 0.15) is 17.3 Å². The first-order valence-corrected chi connectivity index (χ1v) is 19.1. The Morgan fingerprint density at radius 1 is 0.824 bits per heavy atom. The monoisotopic (exact) mass is 678 g/mol. The largest absolute Gasteiger partial charge is 0.457 e. The second kappa shape index (κ2) is 14.2. The highest BCUT2D eigenvalue weighted by molar-refractivity contribution is 6.09. The molecule has 0 N–H and O–H groups in total. The molecule has 1 aliphatic rings. The smallest absolute Gasteiger partial charge is 0.137 e. The van der Waals surface area contributed by atoms with E-state index in [0.29, 0.717) is 29.6 Å².